The molecule has 12 heteroatoms. The topological polar surface area (TPSA) is 105 Å². The average molecular weight is 510 g/mol. The van der Waals surface area contributed by atoms with Crippen LogP contribution in [0.15, 0.2) is 29.3 Å². The number of sulfonamides is 1. The summed E-state index contributed by atoms with van der Waals surface area (Å²) in [5.41, 5.74) is 0.584. The molecule has 0 spiro atoms. The summed E-state index contributed by atoms with van der Waals surface area (Å²) in [4.78, 5) is 17.2. The zero-order valence-electron chi connectivity index (χ0n) is 20.0. The number of carbonyl (C=O) groups excluding carboxylic acids is 1. The Hall–Kier alpha value is -2.25. The van der Waals surface area contributed by atoms with Gasteiger partial charge in [0, 0.05) is 44.5 Å². The molecule has 3 saturated heterocycles. The van der Waals surface area contributed by atoms with Gasteiger partial charge in [-0.05, 0) is 32.0 Å². The fraction of sp³-hybridized carbons (Fsp3) is 0.609. The first-order valence-electron chi connectivity index (χ1n) is 11.9. The lowest BCUT2D eigenvalue weighted by Crippen LogP contribution is -2.63. The van der Waals surface area contributed by atoms with Crippen LogP contribution in [0.3, 0.4) is 0 Å². The van der Waals surface area contributed by atoms with E-state index < -0.39 is 22.2 Å². The van der Waals surface area contributed by atoms with Crippen LogP contribution < -0.4 is 14.9 Å². The van der Waals surface area contributed by atoms with E-state index in [9.17, 15) is 17.6 Å². The number of piperazine rings is 1. The molecule has 0 aliphatic carbocycles. The van der Waals surface area contributed by atoms with Gasteiger partial charge in [0.1, 0.15) is 22.8 Å². The molecule has 2 N–H and O–H groups in total. The zero-order valence-corrected chi connectivity index (χ0v) is 20.8. The molecule has 0 aromatic carbocycles. The molecule has 0 radical (unpaired) electrons. The Kier molecular flexibility index (Phi) is 6.51. The summed E-state index contributed by atoms with van der Waals surface area (Å²) < 4.78 is 55.1. The molecule has 5 heterocycles. The third-order valence-corrected chi connectivity index (χ3v) is 8.35. The summed E-state index contributed by atoms with van der Waals surface area (Å²) in [6.07, 6.45) is 1.45. The summed E-state index contributed by atoms with van der Waals surface area (Å²) in [6.45, 7) is 6.50. The molecular formula is C23H32FN5O5S. The molecular weight excluding hydrogens is 477 g/mol. The van der Waals surface area contributed by atoms with Crippen molar-refractivity contribution in [2.24, 2.45) is 0 Å². The molecule has 2 aromatic heterocycles. The molecule has 0 saturated carbocycles. The minimum Gasteiger partial charge on any atom is -0.378 e. The number of hydrogen-bond acceptors (Lipinski definition) is 7. The van der Waals surface area contributed by atoms with E-state index in [1.165, 1.54) is 6.20 Å². The van der Waals surface area contributed by atoms with Crippen molar-refractivity contribution in [1.29, 1.82) is 0 Å². The van der Waals surface area contributed by atoms with Crippen molar-refractivity contribution in [3.8, 4) is 0 Å². The molecule has 3 aliphatic heterocycles. The second-order valence-corrected chi connectivity index (χ2v) is 11.5. The number of alkyl halides is 1. The monoisotopic (exact) mass is 509 g/mol. The van der Waals surface area contributed by atoms with Crippen LogP contribution >= 0.6 is 0 Å². The number of halogens is 1. The predicted molar refractivity (Wildman–Crippen MR) is 128 cm³/mol. The lowest BCUT2D eigenvalue weighted by atomic mass is 10.0. The number of pyridine rings is 1. The Bertz CT molecular complexity index is 1190. The fourth-order valence-electron chi connectivity index (χ4n) is 5.05. The number of amides is 1. The molecule has 2 atom stereocenters. The Labute approximate surface area is 204 Å². The number of hydrogen-bond donors (Lipinski definition) is 2. The van der Waals surface area contributed by atoms with Crippen LogP contribution in [-0.2, 0) is 19.5 Å². The molecule has 2 aromatic rings. The van der Waals surface area contributed by atoms with Crippen LogP contribution in [0.25, 0.3) is 5.52 Å². The summed E-state index contributed by atoms with van der Waals surface area (Å²) in [5.74, 6) is -0.184. The highest BCUT2D eigenvalue weighted by Crippen LogP contribution is 2.31. The van der Waals surface area contributed by atoms with Crippen molar-refractivity contribution >= 4 is 27.1 Å². The number of rotatable bonds is 6. The number of aromatic nitrogens is 1. The van der Waals surface area contributed by atoms with Crippen molar-refractivity contribution in [2.45, 2.75) is 36.4 Å². The number of nitrogens with one attached hydrogen (secondary N) is 2. The molecule has 35 heavy (non-hydrogen) atoms. The Morgan fingerprint density at radius 1 is 1.17 bits per heavy atom. The Morgan fingerprint density at radius 3 is 2.46 bits per heavy atom. The van der Waals surface area contributed by atoms with Gasteiger partial charge in [-0.15, -0.1) is 0 Å². The normalized spacial score (nSPS) is 25.0. The maximum atomic E-state index is 13.7. The summed E-state index contributed by atoms with van der Waals surface area (Å²) >= 11 is 0. The average Bonchev–Trinajstić information content (AvgIpc) is 3.24. The molecule has 1 amide bonds. The molecule has 10 nitrogen and oxygen atoms in total. The first kappa shape index (κ1) is 24.4. The third-order valence-electron chi connectivity index (χ3n) is 6.81. The van der Waals surface area contributed by atoms with Gasteiger partial charge in [-0.3, -0.25) is 4.79 Å². The van der Waals surface area contributed by atoms with Crippen LogP contribution in [0.1, 0.15) is 24.3 Å². The number of carbonyl (C=O) groups is 1. The highest BCUT2D eigenvalue weighted by Gasteiger charge is 2.43. The van der Waals surface area contributed by atoms with Crippen molar-refractivity contribution in [3.63, 3.8) is 0 Å². The van der Waals surface area contributed by atoms with Gasteiger partial charge in [0.15, 0.2) is 0 Å². The lowest BCUT2D eigenvalue weighted by Gasteiger charge is -2.39. The predicted octanol–water partition coefficient (Wildman–Crippen LogP) is 0.615. The van der Waals surface area contributed by atoms with E-state index in [0.29, 0.717) is 50.8 Å². The maximum Gasteiger partial charge on any atom is 0.270 e. The van der Waals surface area contributed by atoms with Gasteiger partial charge in [-0.25, -0.2) is 12.8 Å². The minimum absolute atomic E-state index is 0.0189. The zero-order chi connectivity index (χ0) is 24.8. The maximum absolute atomic E-state index is 13.7. The smallest absolute Gasteiger partial charge is 0.270 e. The van der Waals surface area contributed by atoms with E-state index in [2.05, 4.69) is 28.8 Å². The molecule has 0 bridgehead atoms. The molecule has 3 aliphatic rings. The third kappa shape index (κ3) is 4.65. The van der Waals surface area contributed by atoms with Crippen molar-refractivity contribution in [3.05, 3.63) is 30.1 Å². The van der Waals surface area contributed by atoms with E-state index >= 15 is 0 Å². The van der Waals surface area contributed by atoms with Crippen LogP contribution in [0.4, 0.5) is 10.1 Å². The number of anilines is 1. The van der Waals surface area contributed by atoms with E-state index in [1.54, 1.807) is 21.4 Å². The van der Waals surface area contributed by atoms with Gasteiger partial charge in [-0.2, -0.15) is 4.72 Å². The largest absolute Gasteiger partial charge is 0.378 e. The van der Waals surface area contributed by atoms with E-state index in [0.717, 1.165) is 5.52 Å². The molecule has 0 unspecified atom stereocenters. The van der Waals surface area contributed by atoms with Gasteiger partial charge < -0.3 is 29.0 Å². The lowest BCUT2D eigenvalue weighted by molar-refractivity contribution is -0.0725. The summed E-state index contributed by atoms with van der Waals surface area (Å²) in [6, 6.07) is 5.61. The van der Waals surface area contributed by atoms with Gasteiger partial charge in [0.05, 0.1) is 37.6 Å². The van der Waals surface area contributed by atoms with Crippen molar-refractivity contribution in [1.82, 2.24) is 19.3 Å². The van der Waals surface area contributed by atoms with Crippen LogP contribution in [0, 0.1) is 0 Å². The van der Waals surface area contributed by atoms with Gasteiger partial charge >= 0.3 is 0 Å². The second kappa shape index (κ2) is 9.32. The van der Waals surface area contributed by atoms with Crippen LogP contribution in [0.2, 0.25) is 0 Å². The standard InChI is InChI=1S/C23H32FN5O5S/c1-16-10-28(11-17(2)25-16)21-9-18(35(31,32)26-23(13-24)14-34-15-23)12-29-19(21)3-4-20(29)22(30)27-5-7-33-8-6-27/h3-4,9,12,16-17,25-26H,5-8,10-11,13-15H2,1-2H3/t16-,17-/m0/s1. The SMILES string of the molecule is C[C@H]1CN(c2cc(S(=O)(=O)NC3(CF)COC3)cn3c(C(=O)N4CCOCC4)ccc23)C[C@H](C)N1. The second-order valence-electron chi connectivity index (χ2n) is 9.83. The number of morpholine rings is 1. The molecule has 5 rings (SSSR count). The van der Waals surface area contributed by atoms with Crippen LogP contribution in [0.5, 0.6) is 0 Å². The molecule has 3 fully saturated rings. The minimum atomic E-state index is -4.09. The highest BCUT2D eigenvalue weighted by molar-refractivity contribution is 7.89. The van der Waals surface area contributed by atoms with Crippen LogP contribution in [-0.4, -0.2) is 101 Å². The number of ether oxygens (including phenoxy) is 2. The highest BCUT2D eigenvalue weighted by atomic mass is 32.2. The van der Waals surface area contributed by atoms with E-state index in [4.69, 9.17) is 9.47 Å². The number of fused-ring (bicyclic) bond motifs is 1. The summed E-state index contributed by atoms with van der Waals surface area (Å²) in [5, 5.41) is 3.48. The molecule has 192 valence electrons. The number of nitrogens with zero attached hydrogens (tertiary/aromatic N) is 3. The van der Waals surface area contributed by atoms with E-state index in [-0.39, 0.29) is 36.1 Å². The van der Waals surface area contributed by atoms with E-state index in [1.807, 2.05) is 6.07 Å². The quantitative estimate of drug-likeness (QED) is 0.588. The van der Waals surface area contributed by atoms with Crippen molar-refractivity contribution in [2.75, 3.05) is 64.2 Å². The van der Waals surface area contributed by atoms with Gasteiger partial charge in [0.2, 0.25) is 10.0 Å². The summed E-state index contributed by atoms with van der Waals surface area (Å²) in [7, 11) is -4.09. The Balaban J connectivity index is 1.60. The van der Waals surface area contributed by atoms with Gasteiger partial charge in [0.25, 0.3) is 5.91 Å². The van der Waals surface area contributed by atoms with Crippen molar-refractivity contribution < 1.29 is 27.1 Å². The van der Waals surface area contributed by atoms with Gasteiger partial charge in [-0.1, -0.05) is 0 Å². The first-order valence-corrected chi connectivity index (χ1v) is 13.4. The first-order chi connectivity index (χ1) is 16.7. The Morgan fingerprint density at radius 2 is 1.86 bits per heavy atom. The fourth-order valence-corrected chi connectivity index (χ4v) is 6.42.